The van der Waals surface area contributed by atoms with E-state index in [4.69, 9.17) is 9.47 Å². The lowest BCUT2D eigenvalue weighted by atomic mass is 10.0. The Hall–Kier alpha value is -2.56. The van der Waals surface area contributed by atoms with Crippen molar-refractivity contribution in [1.82, 2.24) is 0 Å². The van der Waals surface area contributed by atoms with E-state index in [1.807, 2.05) is 18.2 Å². The molecule has 0 heterocycles. The molecule has 0 N–H and O–H groups in total. The van der Waals surface area contributed by atoms with E-state index >= 15 is 0 Å². The van der Waals surface area contributed by atoms with Crippen LogP contribution in [-0.2, 0) is 6.42 Å². The standard InChI is InChI=1S/C15H15NO4/c1-19-14-7-8-15(20-2)12(10-14)9-11-3-5-13(6-4-11)16(17)18/h3-8,10H,9H2,1-2H3. The molecule has 0 saturated heterocycles. The average Bonchev–Trinajstić information content (AvgIpc) is 2.47. The van der Waals surface area contributed by atoms with Crippen molar-refractivity contribution in [3.05, 3.63) is 63.7 Å². The number of non-ortho nitro benzene ring substituents is 1. The van der Waals surface area contributed by atoms with Crippen molar-refractivity contribution < 1.29 is 14.4 Å². The summed E-state index contributed by atoms with van der Waals surface area (Å²) >= 11 is 0. The average molecular weight is 273 g/mol. The lowest BCUT2D eigenvalue weighted by Crippen LogP contribution is -1.96. The first-order chi connectivity index (χ1) is 9.63. The van der Waals surface area contributed by atoms with E-state index in [9.17, 15) is 10.1 Å². The fourth-order valence-electron chi connectivity index (χ4n) is 1.98. The van der Waals surface area contributed by atoms with Gasteiger partial charge >= 0.3 is 0 Å². The Morgan fingerprint density at radius 1 is 1.05 bits per heavy atom. The van der Waals surface area contributed by atoms with Crippen molar-refractivity contribution in [3.8, 4) is 11.5 Å². The van der Waals surface area contributed by atoms with Crippen LogP contribution in [0.5, 0.6) is 11.5 Å². The van der Waals surface area contributed by atoms with Crippen molar-refractivity contribution in [2.45, 2.75) is 6.42 Å². The normalized spacial score (nSPS) is 10.1. The molecule has 0 spiro atoms. The molecular weight excluding hydrogens is 258 g/mol. The monoisotopic (exact) mass is 273 g/mol. The topological polar surface area (TPSA) is 61.6 Å². The van der Waals surface area contributed by atoms with E-state index in [-0.39, 0.29) is 5.69 Å². The van der Waals surface area contributed by atoms with Crippen LogP contribution in [0.3, 0.4) is 0 Å². The number of nitro benzene ring substituents is 1. The predicted octanol–water partition coefficient (Wildman–Crippen LogP) is 3.20. The molecule has 2 rings (SSSR count). The SMILES string of the molecule is COc1ccc(OC)c(Cc2ccc([N+](=O)[O-])cc2)c1. The lowest BCUT2D eigenvalue weighted by Gasteiger charge is -2.10. The summed E-state index contributed by atoms with van der Waals surface area (Å²) in [7, 11) is 3.22. The third-order valence-electron chi connectivity index (χ3n) is 3.03. The van der Waals surface area contributed by atoms with Gasteiger partial charge in [-0.1, -0.05) is 12.1 Å². The molecule has 0 unspecified atom stereocenters. The summed E-state index contributed by atoms with van der Waals surface area (Å²) in [6.45, 7) is 0. The Bertz CT molecular complexity index is 608. The summed E-state index contributed by atoms with van der Waals surface area (Å²) in [5, 5.41) is 10.6. The van der Waals surface area contributed by atoms with Gasteiger partial charge in [-0.15, -0.1) is 0 Å². The number of benzene rings is 2. The maximum absolute atomic E-state index is 10.6. The highest BCUT2D eigenvalue weighted by molar-refractivity contribution is 5.44. The maximum Gasteiger partial charge on any atom is 0.269 e. The highest BCUT2D eigenvalue weighted by Gasteiger charge is 2.08. The summed E-state index contributed by atoms with van der Waals surface area (Å²) in [6, 6.07) is 12.1. The predicted molar refractivity (Wildman–Crippen MR) is 75.4 cm³/mol. The zero-order chi connectivity index (χ0) is 14.5. The molecule has 0 aliphatic heterocycles. The summed E-state index contributed by atoms with van der Waals surface area (Å²) in [6.07, 6.45) is 0.623. The van der Waals surface area contributed by atoms with Crippen LogP contribution in [-0.4, -0.2) is 19.1 Å². The van der Waals surface area contributed by atoms with Gasteiger partial charge in [0.1, 0.15) is 11.5 Å². The molecule has 104 valence electrons. The number of ether oxygens (including phenoxy) is 2. The van der Waals surface area contributed by atoms with Crippen molar-refractivity contribution in [3.63, 3.8) is 0 Å². The van der Waals surface area contributed by atoms with Crippen molar-refractivity contribution in [2.24, 2.45) is 0 Å². The van der Waals surface area contributed by atoms with E-state index in [2.05, 4.69) is 0 Å². The molecule has 2 aromatic rings. The molecule has 0 saturated carbocycles. The van der Waals surface area contributed by atoms with Crippen LogP contribution in [0.1, 0.15) is 11.1 Å². The largest absolute Gasteiger partial charge is 0.497 e. The van der Waals surface area contributed by atoms with Gasteiger partial charge in [-0.3, -0.25) is 10.1 Å². The van der Waals surface area contributed by atoms with Crippen LogP contribution in [0.25, 0.3) is 0 Å². The van der Waals surface area contributed by atoms with Crippen LogP contribution in [0.4, 0.5) is 5.69 Å². The Kier molecular flexibility index (Phi) is 4.20. The Morgan fingerprint density at radius 2 is 1.75 bits per heavy atom. The second kappa shape index (κ2) is 6.06. The van der Waals surface area contributed by atoms with Crippen LogP contribution in [0, 0.1) is 10.1 Å². The van der Waals surface area contributed by atoms with Gasteiger partial charge < -0.3 is 9.47 Å². The van der Waals surface area contributed by atoms with Gasteiger partial charge in [0.25, 0.3) is 5.69 Å². The van der Waals surface area contributed by atoms with Crippen LogP contribution >= 0.6 is 0 Å². The summed E-state index contributed by atoms with van der Waals surface area (Å²) in [4.78, 5) is 10.2. The first-order valence-corrected chi connectivity index (χ1v) is 6.08. The van der Waals surface area contributed by atoms with Crippen molar-refractivity contribution in [1.29, 1.82) is 0 Å². The molecule has 0 fully saturated rings. The summed E-state index contributed by atoms with van der Waals surface area (Å²) in [5.74, 6) is 1.52. The summed E-state index contributed by atoms with van der Waals surface area (Å²) in [5.41, 5.74) is 2.04. The molecule has 5 nitrogen and oxygen atoms in total. The first kappa shape index (κ1) is 13.9. The fourth-order valence-corrected chi connectivity index (χ4v) is 1.98. The fraction of sp³-hybridized carbons (Fsp3) is 0.200. The van der Waals surface area contributed by atoms with Gasteiger partial charge in [-0.25, -0.2) is 0 Å². The Balaban J connectivity index is 2.26. The van der Waals surface area contributed by atoms with Crippen LogP contribution in [0.2, 0.25) is 0 Å². The van der Waals surface area contributed by atoms with Crippen LogP contribution < -0.4 is 9.47 Å². The van der Waals surface area contributed by atoms with Gasteiger partial charge in [0.15, 0.2) is 0 Å². The third kappa shape index (κ3) is 3.06. The van der Waals surface area contributed by atoms with Gasteiger partial charge in [0.05, 0.1) is 19.1 Å². The minimum atomic E-state index is -0.407. The second-order valence-electron chi connectivity index (χ2n) is 4.28. The summed E-state index contributed by atoms with van der Waals surface area (Å²) < 4.78 is 10.5. The van der Waals surface area contributed by atoms with Crippen LogP contribution in [0.15, 0.2) is 42.5 Å². The zero-order valence-electron chi connectivity index (χ0n) is 11.3. The second-order valence-corrected chi connectivity index (χ2v) is 4.28. The molecular formula is C15H15NO4. The molecule has 0 aromatic heterocycles. The van der Waals surface area contributed by atoms with Gasteiger partial charge in [-0.2, -0.15) is 0 Å². The third-order valence-corrected chi connectivity index (χ3v) is 3.03. The van der Waals surface area contributed by atoms with E-state index in [1.165, 1.54) is 12.1 Å². The number of rotatable bonds is 5. The van der Waals surface area contributed by atoms with Gasteiger partial charge in [-0.05, 0) is 23.8 Å². The number of hydrogen-bond acceptors (Lipinski definition) is 4. The van der Waals surface area contributed by atoms with E-state index < -0.39 is 4.92 Å². The minimum absolute atomic E-state index is 0.0892. The smallest absolute Gasteiger partial charge is 0.269 e. The Labute approximate surface area is 116 Å². The highest BCUT2D eigenvalue weighted by atomic mass is 16.6. The number of hydrogen-bond donors (Lipinski definition) is 0. The zero-order valence-corrected chi connectivity index (χ0v) is 11.3. The first-order valence-electron chi connectivity index (χ1n) is 6.08. The number of nitro groups is 1. The van der Waals surface area contributed by atoms with E-state index in [0.29, 0.717) is 6.42 Å². The quantitative estimate of drug-likeness (QED) is 0.620. The van der Waals surface area contributed by atoms with Crippen molar-refractivity contribution >= 4 is 5.69 Å². The molecule has 0 bridgehead atoms. The molecule has 20 heavy (non-hydrogen) atoms. The minimum Gasteiger partial charge on any atom is -0.497 e. The number of methoxy groups -OCH3 is 2. The van der Waals surface area contributed by atoms with Crippen molar-refractivity contribution in [2.75, 3.05) is 14.2 Å². The molecule has 0 atom stereocenters. The molecule has 2 aromatic carbocycles. The van der Waals surface area contributed by atoms with E-state index in [0.717, 1.165) is 22.6 Å². The molecule has 0 aliphatic rings. The molecule has 0 aliphatic carbocycles. The van der Waals surface area contributed by atoms with Gasteiger partial charge in [0, 0.05) is 24.1 Å². The molecule has 5 heteroatoms. The Morgan fingerprint density at radius 3 is 2.30 bits per heavy atom. The molecule has 0 radical (unpaired) electrons. The molecule has 0 amide bonds. The highest BCUT2D eigenvalue weighted by Crippen LogP contribution is 2.26. The van der Waals surface area contributed by atoms with Gasteiger partial charge in [0.2, 0.25) is 0 Å². The number of nitrogens with zero attached hydrogens (tertiary/aromatic N) is 1. The maximum atomic E-state index is 10.6. The van der Waals surface area contributed by atoms with E-state index in [1.54, 1.807) is 26.4 Å². The lowest BCUT2D eigenvalue weighted by molar-refractivity contribution is -0.384.